The molecule has 0 saturated heterocycles. The van der Waals surface area contributed by atoms with E-state index in [0.29, 0.717) is 5.92 Å². The molecule has 5 heteroatoms. The maximum atomic E-state index is 13.1. The topological polar surface area (TPSA) is 42.7 Å². The van der Waals surface area contributed by atoms with E-state index in [1.165, 1.54) is 12.1 Å². The minimum absolute atomic E-state index is 0.202. The van der Waals surface area contributed by atoms with Gasteiger partial charge in [0.15, 0.2) is 0 Å². The lowest BCUT2D eigenvalue weighted by molar-refractivity contribution is 0.511. The van der Waals surface area contributed by atoms with Crippen LogP contribution in [-0.2, 0) is 13.5 Å². The molecule has 0 bridgehead atoms. The maximum Gasteiger partial charge on any atom is 0.123 e. The van der Waals surface area contributed by atoms with Gasteiger partial charge in [-0.15, -0.1) is 5.10 Å². The van der Waals surface area contributed by atoms with E-state index in [-0.39, 0.29) is 11.7 Å². The van der Waals surface area contributed by atoms with Gasteiger partial charge in [0.2, 0.25) is 0 Å². The van der Waals surface area contributed by atoms with Crippen molar-refractivity contribution in [3.8, 4) is 0 Å². The summed E-state index contributed by atoms with van der Waals surface area (Å²) in [6.07, 6.45) is 2.73. The Balaban J connectivity index is 2.07. The predicted octanol–water partition coefficient (Wildman–Crippen LogP) is 2.53. The van der Waals surface area contributed by atoms with Crippen molar-refractivity contribution >= 4 is 0 Å². The first-order valence-corrected chi connectivity index (χ1v) is 7.36. The minimum Gasteiger partial charge on any atom is -0.316 e. The Labute approximate surface area is 125 Å². The van der Waals surface area contributed by atoms with Gasteiger partial charge in [0.25, 0.3) is 0 Å². The van der Waals surface area contributed by atoms with Crippen molar-refractivity contribution in [1.29, 1.82) is 0 Å². The van der Waals surface area contributed by atoms with E-state index in [1.54, 1.807) is 4.68 Å². The van der Waals surface area contributed by atoms with Crippen molar-refractivity contribution in [2.75, 3.05) is 13.1 Å². The summed E-state index contributed by atoms with van der Waals surface area (Å²) in [5, 5.41) is 11.6. The van der Waals surface area contributed by atoms with E-state index in [0.717, 1.165) is 30.8 Å². The lowest BCUT2D eigenvalue weighted by Crippen LogP contribution is -2.26. The molecular formula is C16H23FN4. The van der Waals surface area contributed by atoms with Gasteiger partial charge in [-0.1, -0.05) is 31.2 Å². The van der Waals surface area contributed by atoms with Crippen LogP contribution >= 0.6 is 0 Å². The summed E-state index contributed by atoms with van der Waals surface area (Å²) < 4.78 is 14.8. The van der Waals surface area contributed by atoms with E-state index in [4.69, 9.17) is 0 Å². The van der Waals surface area contributed by atoms with Crippen LogP contribution in [0.2, 0.25) is 0 Å². The lowest BCUT2D eigenvalue weighted by Gasteiger charge is -2.18. The minimum atomic E-state index is -0.202. The summed E-state index contributed by atoms with van der Waals surface area (Å²) in [6, 6.07) is 6.74. The first kappa shape index (κ1) is 15.6. The number of nitrogens with zero attached hydrogens (tertiary/aromatic N) is 3. The summed E-state index contributed by atoms with van der Waals surface area (Å²) in [7, 11) is 1.86. The van der Waals surface area contributed by atoms with Crippen LogP contribution in [0.25, 0.3) is 0 Å². The number of benzene rings is 1. The molecule has 1 atom stereocenters. The molecule has 0 amide bonds. The molecule has 0 aliphatic carbocycles. The van der Waals surface area contributed by atoms with Gasteiger partial charge >= 0.3 is 0 Å². The molecule has 1 aromatic carbocycles. The van der Waals surface area contributed by atoms with Crippen molar-refractivity contribution in [3.63, 3.8) is 0 Å². The van der Waals surface area contributed by atoms with Crippen LogP contribution in [0.3, 0.4) is 0 Å². The van der Waals surface area contributed by atoms with Crippen molar-refractivity contribution in [3.05, 3.63) is 47.5 Å². The van der Waals surface area contributed by atoms with Gasteiger partial charge in [-0.25, -0.2) is 4.39 Å². The Morgan fingerprint density at radius 1 is 1.19 bits per heavy atom. The largest absolute Gasteiger partial charge is 0.316 e. The molecule has 2 aromatic rings. The molecule has 1 aromatic heterocycles. The van der Waals surface area contributed by atoms with Crippen LogP contribution in [-0.4, -0.2) is 28.1 Å². The monoisotopic (exact) mass is 290 g/mol. The van der Waals surface area contributed by atoms with Crippen LogP contribution in [0.15, 0.2) is 30.5 Å². The molecule has 21 heavy (non-hydrogen) atoms. The first-order valence-electron chi connectivity index (χ1n) is 7.36. The second-order valence-electron chi connectivity index (χ2n) is 5.89. The second kappa shape index (κ2) is 7.31. The molecule has 1 N–H and O–H groups in total. The third kappa shape index (κ3) is 4.93. The Hall–Kier alpha value is -1.75. The van der Waals surface area contributed by atoms with Crippen molar-refractivity contribution in [1.82, 2.24) is 20.3 Å². The molecule has 1 heterocycles. The van der Waals surface area contributed by atoms with E-state index >= 15 is 0 Å². The Morgan fingerprint density at radius 3 is 2.48 bits per heavy atom. The number of hydrogen-bond donors (Lipinski definition) is 1. The number of halogens is 1. The van der Waals surface area contributed by atoms with Gasteiger partial charge in [-0.05, 0) is 30.2 Å². The van der Waals surface area contributed by atoms with Crippen LogP contribution in [0.5, 0.6) is 0 Å². The summed E-state index contributed by atoms with van der Waals surface area (Å²) in [4.78, 5) is 0. The molecule has 0 radical (unpaired) electrons. The van der Waals surface area contributed by atoms with Crippen LogP contribution in [0.4, 0.5) is 4.39 Å². The normalized spacial score (nSPS) is 12.8. The van der Waals surface area contributed by atoms with Crippen LogP contribution in [0.1, 0.15) is 31.0 Å². The van der Waals surface area contributed by atoms with Gasteiger partial charge in [0.1, 0.15) is 5.82 Å². The number of aryl methyl sites for hydroxylation is 1. The molecule has 0 aliphatic heterocycles. The highest BCUT2D eigenvalue weighted by Gasteiger charge is 2.14. The van der Waals surface area contributed by atoms with E-state index in [1.807, 2.05) is 25.4 Å². The molecule has 0 fully saturated rings. The average Bonchev–Trinajstić information content (AvgIpc) is 2.84. The zero-order chi connectivity index (χ0) is 15.2. The lowest BCUT2D eigenvalue weighted by atomic mass is 9.94. The van der Waals surface area contributed by atoms with Crippen molar-refractivity contribution in [2.24, 2.45) is 13.0 Å². The maximum absolute atomic E-state index is 13.1. The van der Waals surface area contributed by atoms with Gasteiger partial charge in [-0.2, -0.15) is 0 Å². The molecule has 114 valence electrons. The van der Waals surface area contributed by atoms with Crippen molar-refractivity contribution in [2.45, 2.75) is 26.2 Å². The van der Waals surface area contributed by atoms with Crippen molar-refractivity contribution < 1.29 is 4.39 Å². The SMILES string of the molecule is CC(C)CNCC(Cc1cn(C)nn1)c1ccc(F)cc1. The number of aromatic nitrogens is 3. The Morgan fingerprint density at radius 2 is 1.90 bits per heavy atom. The average molecular weight is 290 g/mol. The van der Waals surface area contributed by atoms with Gasteiger partial charge in [-0.3, -0.25) is 4.68 Å². The number of nitrogens with one attached hydrogen (secondary N) is 1. The summed E-state index contributed by atoms with van der Waals surface area (Å²) >= 11 is 0. The predicted molar refractivity (Wildman–Crippen MR) is 81.6 cm³/mol. The summed E-state index contributed by atoms with van der Waals surface area (Å²) in [5.41, 5.74) is 2.08. The summed E-state index contributed by atoms with van der Waals surface area (Å²) in [6.45, 7) is 6.18. The molecular weight excluding hydrogens is 267 g/mol. The fourth-order valence-electron chi connectivity index (χ4n) is 2.33. The second-order valence-corrected chi connectivity index (χ2v) is 5.89. The Kier molecular flexibility index (Phi) is 5.44. The first-order chi connectivity index (χ1) is 10.0. The quantitative estimate of drug-likeness (QED) is 0.852. The van der Waals surface area contributed by atoms with E-state index in [2.05, 4.69) is 29.5 Å². The molecule has 1 unspecified atom stereocenters. The Bertz CT molecular complexity index is 548. The van der Waals surface area contributed by atoms with Crippen LogP contribution in [0, 0.1) is 11.7 Å². The highest BCUT2D eigenvalue weighted by atomic mass is 19.1. The van der Waals surface area contributed by atoms with Crippen LogP contribution < -0.4 is 5.32 Å². The number of rotatable bonds is 7. The smallest absolute Gasteiger partial charge is 0.123 e. The third-order valence-electron chi connectivity index (χ3n) is 3.39. The highest BCUT2D eigenvalue weighted by Crippen LogP contribution is 2.20. The summed E-state index contributed by atoms with van der Waals surface area (Å²) in [5.74, 6) is 0.670. The standard InChI is InChI=1S/C16H23FN4/c1-12(2)9-18-10-14(8-16-11-21(3)20-19-16)13-4-6-15(17)7-5-13/h4-7,11-12,14,18H,8-10H2,1-3H3. The molecule has 0 saturated carbocycles. The van der Waals surface area contributed by atoms with E-state index < -0.39 is 0 Å². The zero-order valence-electron chi connectivity index (χ0n) is 12.9. The third-order valence-corrected chi connectivity index (χ3v) is 3.39. The molecule has 4 nitrogen and oxygen atoms in total. The van der Waals surface area contributed by atoms with E-state index in [9.17, 15) is 4.39 Å². The fourth-order valence-corrected chi connectivity index (χ4v) is 2.33. The zero-order valence-corrected chi connectivity index (χ0v) is 12.9. The van der Waals surface area contributed by atoms with Gasteiger partial charge in [0, 0.05) is 32.1 Å². The molecule has 0 spiro atoms. The molecule has 2 rings (SSSR count). The van der Waals surface area contributed by atoms with Gasteiger partial charge < -0.3 is 5.32 Å². The highest BCUT2D eigenvalue weighted by molar-refractivity contribution is 5.22. The number of hydrogen-bond acceptors (Lipinski definition) is 3. The molecule has 0 aliphatic rings. The fraction of sp³-hybridized carbons (Fsp3) is 0.500. The van der Waals surface area contributed by atoms with Gasteiger partial charge in [0.05, 0.1) is 5.69 Å².